The van der Waals surface area contributed by atoms with Gasteiger partial charge in [0.2, 0.25) is 0 Å². The number of halogens is 1. The molecule has 0 spiro atoms. The predicted molar refractivity (Wildman–Crippen MR) is 88.9 cm³/mol. The Hall–Kier alpha value is -1.36. The van der Waals surface area contributed by atoms with Crippen molar-refractivity contribution in [2.24, 2.45) is 5.73 Å². The monoisotopic (exact) mass is 322 g/mol. The van der Waals surface area contributed by atoms with E-state index in [4.69, 9.17) is 5.73 Å². The number of nitrogens with two attached hydrogens (primary N) is 1. The maximum Gasteiger partial charge on any atom is 0.254 e. The van der Waals surface area contributed by atoms with Crippen LogP contribution in [0.5, 0.6) is 0 Å². The van der Waals surface area contributed by atoms with E-state index in [-0.39, 0.29) is 24.4 Å². The molecule has 21 heavy (non-hydrogen) atoms. The number of carbonyl (C=O) groups is 1. The van der Waals surface area contributed by atoms with Crippen LogP contribution in [0, 0.1) is 0 Å². The summed E-state index contributed by atoms with van der Waals surface area (Å²) in [7, 11) is 0. The third-order valence-corrected chi connectivity index (χ3v) is 4.58. The van der Waals surface area contributed by atoms with Gasteiger partial charge < -0.3 is 10.6 Å². The van der Waals surface area contributed by atoms with Crippen LogP contribution in [0.25, 0.3) is 0 Å². The van der Waals surface area contributed by atoms with Crippen molar-refractivity contribution in [2.45, 2.75) is 25.4 Å². The molecule has 1 unspecified atom stereocenters. The second-order valence-corrected chi connectivity index (χ2v) is 5.89. The summed E-state index contributed by atoms with van der Waals surface area (Å²) in [6, 6.07) is 9.99. The Kier molecular flexibility index (Phi) is 5.39. The SMILES string of the molecule is Cl.NCc1ccc(C(=O)N2CCCC2c2ccsc2)cc1. The third kappa shape index (κ3) is 3.28. The van der Waals surface area contributed by atoms with E-state index < -0.39 is 0 Å². The molecule has 1 fully saturated rings. The summed E-state index contributed by atoms with van der Waals surface area (Å²) in [6.45, 7) is 1.35. The van der Waals surface area contributed by atoms with Crippen molar-refractivity contribution in [2.75, 3.05) is 6.54 Å². The van der Waals surface area contributed by atoms with Gasteiger partial charge in [-0.3, -0.25) is 4.79 Å². The number of hydrogen-bond donors (Lipinski definition) is 1. The first-order valence-electron chi connectivity index (χ1n) is 6.91. The molecule has 3 nitrogen and oxygen atoms in total. The maximum absolute atomic E-state index is 12.7. The minimum absolute atomic E-state index is 0. The van der Waals surface area contributed by atoms with Crippen molar-refractivity contribution in [3.63, 3.8) is 0 Å². The lowest BCUT2D eigenvalue weighted by molar-refractivity contribution is 0.0736. The number of thiophene rings is 1. The largest absolute Gasteiger partial charge is 0.332 e. The molecule has 1 aromatic heterocycles. The van der Waals surface area contributed by atoms with Crippen molar-refractivity contribution in [1.29, 1.82) is 0 Å². The molecule has 1 amide bonds. The van der Waals surface area contributed by atoms with Crippen LogP contribution in [-0.2, 0) is 6.54 Å². The smallest absolute Gasteiger partial charge is 0.254 e. The van der Waals surface area contributed by atoms with Crippen LogP contribution in [0.1, 0.15) is 40.4 Å². The van der Waals surface area contributed by atoms with Gasteiger partial charge in [-0.15, -0.1) is 12.4 Å². The van der Waals surface area contributed by atoms with Crippen LogP contribution in [0.3, 0.4) is 0 Å². The lowest BCUT2D eigenvalue weighted by Crippen LogP contribution is -2.30. The van der Waals surface area contributed by atoms with E-state index in [2.05, 4.69) is 16.8 Å². The lowest BCUT2D eigenvalue weighted by Gasteiger charge is -2.24. The molecule has 2 heterocycles. The second kappa shape index (κ2) is 7.07. The van der Waals surface area contributed by atoms with Gasteiger partial charge in [-0.05, 0) is 52.9 Å². The molecule has 2 aromatic rings. The van der Waals surface area contributed by atoms with Gasteiger partial charge in [-0.2, -0.15) is 11.3 Å². The molecular formula is C16H19ClN2OS. The van der Waals surface area contributed by atoms with Crippen LogP contribution in [0.15, 0.2) is 41.1 Å². The molecule has 0 aliphatic carbocycles. The standard InChI is InChI=1S/C16H18N2OS.ClH/c17-10-12-3-5-13(6-4-12)16(19)18-8-1-2-15(18)14-7-9-20-11-14;/h3-7,9,11,15H,1-2,8,10,17H2;1H. The number of nitrogens with zero attached hydrogens (tertiary/aromatic N) is 1. The highest BCUT2D eigenvalue weighted by Gasteiger charge is 2.30. The molecule has 0 bridgehead atoms. The Bertz CT molecular complexity index is 583. The Morgan fingerprint density at radius 3 is 2.67 bits per heavy atom. The summed E-state index contributed by atoms with van der Waals surface area (Å²) in [4.78, 5) is 14.6. The zero-order valence-electron chi connectivity index (χ0n) is 11.7. The van der Waals surface area contributed by atoms with E-state index >= 15 is 0 Å². The summed E-state index contributed by atoms with van der Waals surface area (Å²) in [5.74, 6) is 0.127. The number of carbonyl (C=O) groups excluding carboxylic acids is 1. The van der Waals surface area contributed by atoms with Crippen molar-refractivity contribution in [3.05, 3.63) is 57.8 Å². The molecule has 5 heteroatoms. The van der Waals surface area contributed by atoms with Gasteiger partial charge in [-0.1, -0.05) is 12.1 Å². The van der Waals surface area contributed by atoms with Crippen LogP contribution >= 0.6 is 23.7 Å². The highest BCUT2D eigenvalue weighted by molar-refractivity contribution is 7.07. The van der Waals surface area contributed by atoms with Crippen molar-refractivity contribution >= 4 is 29.7 Å². The molecule has 1 saturated heterocycles. The minimum Gasteiger partial charge on any atom is -0.332 e. The number of likely N-dealkylation sites (tertiary alicyclic amines) is 1. The maximum atomic E-state index is 12.7. The average Bonchev–Trinajstić information content (AvgIpc) is 3.16. The average molecular weight is 323 g/mol. The summed E-state index contributed by atoms with van der Waals surface area (Å²) < 4.78 is 0. The first-order valence-corrected chi connectivity index (χ1v) is 7.86. The van der Waals surface area contributed by atoms with E-state index in [0.717, 1.165) is 30.5 Å². The molecule has 1 aliphatic rings. The van der Waals surface area contributed by atoms with E-state index in [9.17, 15) is 4.79 Å². The summed E-state index contributed by atoms with van der Waals surface area (Å²) in [6.07, 6.45) is 2.14. The molecule has 0 saturated carbocycles. The van der Waals surface area contributed by atoms with Gasteiger partial charge in [0.25, 0.3) is 5.91 Å². The van der Waals surface area contributed by atoms with E-state index in [1.54, 1.807) is 11.3 Å². The minimum atomic E-state index is 0. The molecule has 0 radical (unpaired) electrons. The number of rotatable bonds is 3. The number of benzene rings is 1. The quantitative estimate of drug-likeness (QED) is 0.938. The second-order valence-electron chi connectivity index (χ2n) is 5.11. The third-order valence-electron chi connectivity index (χ3n) is 3.88. The lowest BCUT2D eigenvalue weighted by atomic mass is 10.1. The van der Waals surface area contributed by atoms with Crippen LogP contribution < -0.4 is 5.73 Å². The fourth-order valence-corrected chi connectivity index (χ4v) is 3.48. The topological polar surface area (TPSA) is 46.3 Å². The number of hydrogen-bond acceptors (Lipinski definition) is 3. The molecule has 1 aromatic carbocycles. The number of amides is 1. The Morgan fingerprint density at radius 1 is 1.29 bits per heavy atom. The zero-order chi connectivity index (χ0) is 13.9. The van der Waals surface area contributed by atoms with E-state index in [0.29, 0.717) is 6.54 Å². The van der Waals surface area contributed by atoms with Gasteiger partial charge in [0.15, 0.2) is 0 Å². The fraction of sp³-hybridized carbons (Fsp3) is 0.312. The van der Waals surface area contributed by atoms with Crippen molar-refractivity contribution in [1.82, 2.24) is 4.90 Å². The summed E-state index contributed by atoms with van der Waals surface area (Å²) >= 11 is 1.69. The van der Waals surface area contributed by atoms with E-state index in [1.165, 1.54) is 5.56 Å². The normalized spacial score (nSPS) is 17.6. The van der Waals surface area contributed by atoms with Crippen LogP contribution in [0.2, 0.25) is 0 Å². The van der Waals surface area contributed by atoms with Crippen LogP contribution in [0.4, 0.5) is 0 Å². The molecule has 1 atom stereocenters. The molecular weight excluding hydrogens is 304 g/mol. The van der Waals surface area contributed by atoms with Gasteiger partial charge in [0.1, 0.15) is 0 Å². The van der Waals surface area contributed by atoms with Gasteiger partial charge >= 0.3 is 0 Å². The zero-order valence-corrected chi connectivity index (χ0v) is 13.3. The van der Waals surface area contributed by atoms with E-state index in [1.807, 2.05) is 29.2 Å². The van der Waals surface area contributed by atoms with Gasteiger partial charge in [0.05, 0.1) is 6.04 Å². The van der Waals surface area contributed by atoms with Crippen molar-refractivity contribution < 1.29 is 4.79 Å². The van der Waals surface area contributed by atoms with Gasteiger partial charge in [0, 0.05) is 18.7 Å². The van der Waals surface area contributed by atoms with Crippen LogP contribution in [-0.4, -0.2) is 17.4 Å². The fourth-order valence-electron chi connectivity index (χ4n) is 2.77. The highest BCUT2D eigenvalue weighted by atomic mass is 35.5. The Balaban J connectivity index is 0.00000161. The first-order chi connectivity index (χ1) is 9.79. The summed E-state index contributed by atoms with van der Waals surface area (Å²) in [5, 5.41) is 4.22. The molecule has 112 valence electrons. The predicted octanol–water partition coefficient (Wildman–Crippen LogP) is 3.61. The first kappa shape index (κ1) is 16.0. The Morgan fingerprint density at radius 2 is 2.05 bits per heavy atom. The Labute approximate surface area is 135 Å². The van der Waals surface area contributed by atoms with Gasteiger partial charge in [-0.25, -0.2) is 0 Å². The van der Waals surface area contributed by atoms with Crippen molar-refractivity contribution in [3.8, 4) is 0 Å². The molecule has 1 aliphatic heterocycles. The molecule has 3 rings (SSSR count). The summed E-state index contributed by atoms with van der Waals surface area (Å²) in [5.41, 5.74) is 8.66. The molecule has 2 N–H and O–H groups in total. The highest BCUT2D eigenvalue weighted by Crippen LogP contribution is 2.34.